The molecule has 0 saturated carbocycles. The number of fused-ring (bicyclic) bond motifs is 1. The van der Waals surface area contributed by atoms with Crippen molar-refractivity contribution in [2.75, 3.05) is 32.8 Å². The molecule has 0 bridgehead atoms. The standard InChI is InChI=1S/C21H23FN4O4.C2HF3O2/c1-12-13(2)20(28)24-23-18(12)8-14-3-4-17(22)16(7-14)21(29)25-9-15-11-30-6-5-26(15)19(27)10-25;3-2(4,5)1(6)7/h3-4,7,15H,5-6,8-11H2,1-2H3,(H,24,28);(H,6,7). The molecule has 14 heteroatoms. The van der Waals surface area contributed by atoms with E-state index >= 15 is 0 Å². The van der Waals surface area contributed by atoms with Crippen LogP contribution in [0.4, 0.5) is 17.6 Å². The zero-order chi connectivity index (χ0) is 27.5. The van der Waals surface area contributed by atoms with Crippen molar-refractivity contribution in [3.05, 3.63) is 62.3 Å². The Morgan fingerprint density at radius 2 is 1.89 bits per heavy atom. The predicted octanol–water partition coefficient (Wildman–Crippen LogP) is -0.482. The number of alkyl halides is 3. The number of amides is 2. The number of aromatic amines is 2. The van der Waals surface area contributed by atoms with Crippen LogP contribution < -0.4 is 15.8 Å². The van der Waals surface area contributed by atoms with Gasteiger partial charge in [-0.25, -0.2) is 4.39 Å². The lowest BCUT2D eigenvalue weighted by Crippen LogP contribution is -2.61. The summed E-state index contributed by atoms with van der Waals surface area (Å²) in [4.78, 5) is 49.1. The number of aliphatic carboxylic acids is 1. The highest BCUT2D eigenvalue weighted by Gasteiger charge is 2.37. The van der Waals surface area contributed by atoms with Crippen molar-refractivity contribution in [1.29, 1.82) is 0 Å². The van der Waals surface area contributed by atoms with Crippen LogP contribution in [0.15, 0.2) is 23.0 Å². The molecule has 1 unspecified atom stereocenters. The number of piperazine rings is 1. The van der Waals surface area contributed by atoms with E-state index in [-0.39, 0.29) is 29.6 Å². The van der Waals surface area contributed by atoms with Crippen LogP contribution in [0.2, 0.25) is 0 Å². The molecule has 2 aliphatic rings. The van der Waals surface area contributed by atoms with Crippen molar-refractivity contribution in [2.24, 2.45) is 0 Å². The van der Waals surface area contributed by atoms with E-state index in [1.807, 2.05) is 6.92 Å². The number of hydrogen-bond acceptors (Lipinski definition) is 6. The summed E-state index contributed by atoms with van der Waals surface area (Å²) in [5.41, 5.74) is 2.66. The van der Waals surface area contributed by atoms with E-state index in [2.05, 4.69) is 10.2 Å². The molecule has 0 aliphatic carbocycles. The number of ether oxygens (including phenoxy) is 1. The number of aromatic nitrogens is 2. The number of H-pyrrole nitrogens is 2. The molecular formula is C23H24F4N4O6. The Kier molecular flexibility index (Phi) is 8.31. The van der Waals surface area contributed by atoms with Gasteiger partial charge in [0.15, 0.2) is 0 Å². The molecule has 2 aliphatic heterocycles. The van der Waals surface area contributed by atoms with Gasteiger partial charge in [0.05, 0.1) is 31.2 Å². The lowest BCUT2D eigenvalue weighted by molar-refractivity contribution is -0.467. The molecule has 1 atom stereocenters. The number of hydrogen-bond donors (Lipinski definition) is 1. The molecular weight excluding hydrogens is 504 g/mol. The van der Waals surface area contributed by atoms with Gasteiger partial charge in [-0.15, -0.1) is 10.2 Å². The largest absolute Gasteiger partial charge is 0.542 e. The Labute approximate surface area is 207 Å². The van der Waals surface area contributed by atoms with Crippen LogP contribution in [0.3, 0.4) is 0 Å². The van der Waals surface area contributed by atoms with Crippen LogP contribution in [-0.2, 0) is 20.7 Å². The van der Waals surface area contributed by atoms with E-state index in [1.165, 1.54) is 17.0 Å². The lowest BCUT2D eigenvalue weighted by atomic mass is 10.0. The van der Waals surface area contributed by atoms with Crippen molar-refractivity contribution in [2.45, 2.75) is 32.5 Å². The summed E-state index contributed by atoms with van der Waals surface area (Å²) in [6.07, 6.45) is -4.80. The molecule has 200 valence electrons. The second kappa shape index (κ2) is 11.1. The molecule has 4 rings (SSSR count). The van der Waals surface area contributed by atoms with Gasteiger partial charge in [-0.05, 0) is 31.5 Å². The number of morpholine rings is 1. The first-order chi connectivity index (χ1) is 17.3. The van der Waals surface area contributed by atoms with E-state index in [1.54, 1.807) is 17.9 Å². The Bertz CT molecular complexity index is 1260. The quantitative estimate of drug-likeness (QED) is 0.535. The number of halogens is 4. The maximum Gasteiger partial charge on any atom is 0.430 e. The summed E-state index contributed by atoms with van der Waals surface area (Å²) in [5.74, 6) is -4.29. The van der Waals surface area contributed by atoms with Crippen molar-refractivity contribution < 1.29 is 46.9 Å². The van der Waals surface area contributed by atoms with Gasteiger partial charge in [-0.2, -0.15) is 13.2 Å². The number of carboxylic acids is 1. The van der Waals surface area contributed by atoms with Gasteiger partial charge in [0.25, 0.3) is 5.91 Å². The average Bonchev–Trinajstić information content (AvgIpc) is 2.85. The first kappa shape index (κ1) is 27.8. The van der Waals surface area contributed by atoms with Gasteiger partial charge in [0, 0.05) is 24.2 Å². The average molecular weight is 528 g/mol. The zero-order valence-corrected chi connectivity index (χ0v) is 19.9. The summed E-state index contributed by atoms with van der Waals surface area (Å²) < 4.78 is 51.5. The van der Waals surface area contributed by atoms with Gasteiger partial charge in [-0.3, -0.25) is 14.4 Å². The van der Waals surface area contributed by atoms with Crippen LogP contribution in [0, 0.1) is 19.7 Å². The smallest absolute Gasteiger partial charge is 0.430 e. The van der Waals surface area contributed by atoms with Crippen LogP contribution >= 0.6 is 0 Å². The Morgan fingerprint density at radius 1 is 1.22 bits per heavy atom. The van der Waals surface area contributed by atoms with Crippen molar-refractivity contribution >= 4 is 17.8 Å². The number of carbonyl (C=O) groups is 3. The summed E-state index contributed by atoms with van der Waals surface area (Å²) in [6, 6.07) is 4.19. The van der Waals surface area contributed by atoms with E-state index in [0.29, 0.717) is 38.3 Å². The molecule has 2 fully saturated rings. The van der Waals surface area contributed by atoms with Gasteiger partial charge < -0.3 is 24.4 Å². The summed E-state index contributed by atoms with van der Waals surface area (Å²) in [5, 5.41) is 14.2. The molecule has 0 spiro atoms. The molecule has 1 aromatic carbocycles. The molecule has 3 heterocycles. The molecule has 2 N–H and O–H groups in total. The number of rotatable bonds is 3. The van der Waals surface area contributed by atoms with Crippen LogP contribution in [-0.4, -0.2) is 77.7 Å². The predicted molar refractivity (Wildman–Crippen MR) is 116 cm³/mol. The normalized spacial score (nSPS) is 17.6. The van der Waals surface area contributed by atoms with Crippen molar-refractivity contribution in [3.8, 4) is 0 Å². The first-order valence-electron chi connectivity index (χ1n) is 11.1. The third-order valence-corrected chi connectivity index (χ3v) is 6.15. The molecule has 2 saturated heterocycles. The summed E-state index contributed by atoms with van der Waals surface area (Å²) in [7, 11) is 0. The molecule has 2 amide bonds. The van der Waals surface area contributed by atoms with Gasteiger partial charge in [0.2, 0.25) is 11.6 Å². The van der Waals surface area contributed by atoms with E-state index in [4.69, 9.17) is 14.6 Å². The maximum absolute atomic E-state index is 14.5. The molecule has 0 radical (unpaired) electrons. The minimum atomic E-state index is -5.19. The summed E-state index contributed by atoms with van der Waals surface area (Å²) in [6.45, 7) is 5.21. The minimum Gasteiger partial charge on any atom is -0.542 e. The Hall–Kier alpha value is -3.81. The molecule has 1 aromatic heterocycles. The first-order valence-corrected chi connectivity index (χ1v) is 11.1. The monoisotopic (exact) mass is 528 g/mol. The van der Waals surface area contributed by atoms with Gasteiger partial charge >= 0.3 is 11.7 Å². The molecule has 2 aromatic rings. The fraction of sp³-hybridized carbons (Fsp3) is 0.435. The van der Waals surface area contributed by atoms with Gasteiger partial charge in [0.1, 0.15) is 18.3 Å². The number of carboxylic acid groups (broad SMARTS) is 1. The van der Waals surface area contributed by atoms with E-state index < -0.39 is 23.9 Å². The van der Waals surface area contributed by atoms with Crippen LogP contribution in [0.25, 0.3) is 0 Å². The Balaban J connectivity index is 0.000000479. The number of nitrogens with zero attached hydrogens (tertiary/aromatic N) is 2. The van der Waals surface area contributed by atoms with Crippen LogP contribution in [0.5, 0.6) is 0 Å². The highest BCUT2D eigenvalue weighted by atomic mass is 19.4. The highest BCUT2D eigenvalue weighted by Crippen LogP contribution is 2.20. The summed E-state index contributed by atoms with van der Waals surface area (Å²) >= 11 is 0. The SMILES string of the molecule is Cc1c(Cc2ccc(F)c(C(=O)N3CC(=O)N4CCOCC4C3)c2)[nH+][nH]c(=O)c1C.O=C([O-])C(F)(F)F. The zero-order valence-electron chi connectivity index (χ0n) is 19.9. The second-order valence-electron chi connectivity index (χ2n) is 8.59. The maximum atomic E-state index is 14.5. The number of benzene rings is 1. The number of nitrogens with one attached hydrogen (secondary N) is 2. The molecule has 10 nitrogen and oxygen atoms in total. The highest BCUT2D eigenvalue weighted by molar-refractivity contribution is 5.97. The fourth-order valence-corrected chi connectivity index (χ4v) is 3.98. The van der Waals surface area contributed by atoms with Gasteiger partial charge in [-0.1, -0.05) is 6.07 Å². The lowest BCUT2D eigenvalue weighted by Gasteiger charge is -2.43. The minimum absolute atomic E-state index is 0.0645. The van der Waals surface area contributed by atoms with E-state index in [0.717, 1.165) is 16.8 Å². The number of carbonyl (C=O) groups excluding carboxylic acids is 3. The Morgan fingerprint density at radius 3 is 2.54 bits per heavy atom. The van der Waals surface area contributed by atoms with E-state index in [9.17, 15) is 31.9 Å². The van der Waals surface area contributed by atoms with Crippen molar-refractivity contribution in [1.82, 2.24) is 14.9 Å². The fourth-order valence-electron chi connectivity index (χ4n) is 3.98. The second-order valence-corrected chi connectivity index (χ2v) is 8.59. The third kappa shape index (κ3) is 6.50. The third-order valence-electron chi connectivity index (χ3n) is 6.15. The molecule has 37 heavy (non-hydrogen) atoms. The topological polar surface area (TPSA) is 137 Å². The van der Waals surface area contributed by atoms with Crippen molar-refractivity contribution in [3.63, 3.8) is 0 Å². The van der Waals surface area contributed by atoms with Crippen LogP contribution in [0.1, 0.15) is 32.7 Å².